The number of hydrazone groups is 1. The van der Waals surface area contributed by atoms with Crippen molar-refractivity contribution in [2.75, 3.05) is 6.54 Å². The molecule has 1 amide bonds. The van der Waals surface area contributed by atoms with Crippen LogP contribution in [-0.4, -0.2) is 29.0 Å². The molecule has 0 aliphatic carbocycles. The van der Waals surface area contributed by atoms with Gasteiger partial charge in [0, 0.05) is 18.1 Å². The predicted octanol–water partition coefficient (Wildman–Crippen LogP) is 3.29. The molecule has 0 saturated heterocycles. The van der Waals surface area contributed by atoms with Gasteiger partial charge in [0.05, 0.1) is 24.1 Å². The summed E-state index contributed by atoms with van der Waals surface area (Å²) in [6.45, 7) is 3.44. The van der Waals surface area contributed by atoms with E-state index in [2.05, 4.69) is 5.10 Å². The molecule has 1 aliphatic heterocycles. The fourth-order valence-electron chi connectivity index (χ4n) is 3.33. The molecule has 4 rings (SSSR count). The summed E-state index contributed by atoms with van der Waals surface area (Å²) >= 11 is 0. The van der Waals surface area contributed by atoms with Gasteiger partial charge in [0.25, 0.3) is 0 Å². The highest BCUT2D eigenvalue weighted by molar-refractivity contribution is 6.48. The van der Waals surface area contributed by atoms with Crippen molar-refractivity contribution in [1.82, 2.24) is 5.01 Å². The number of carbonyl (C=O) groups is 2. The van der Waals surface area contributed by atoms with E-state index in [0.29, 0.717) is 22.1 Å². The molecule has 1 aromatic heterocycles. The summed E-state index contributed by atoms with van der Waals surface area (Å²) in [5, 5.41) is 5.89. The lowest BCUT2D eigenvalue weighted by molar-refractivity contribution is -0.128. The molecule has 0 radical (unpaired) electrons. The third-order valence-corrected chi connectivity index (χ3v) is 4.91. The molecule has 140 valence electrons. The molecule has 3 aromatic rings. The number of benzene rings is 2. The van der Waals surface area contributed by atoms with Crippen molar-refractivity contribution in [1.29, 1.82) is 0 Å². The van der Waals surface area contributed by atoms with Gasteiger partial charge in [0.1, 0.15) is 11.3 Å². The quantitative estimate of drug-likeness (QED) is 0.659. The number of carbonyl (C=O) groups excluding carboxylic acids is 2. The maximum Gasteiger partial charge on any atom is 0.239 e. The van der Waals surface area contributed by atoms with Crippen LogP contribution in [0.1, 0.15) is 34.3 Å². The zero-order valence-corrected chi connectivity index (χ0v) is 15.5. The van der Waals surface area contributed by atoms with Gasteiger partial charge in [-0.25, -0.2) is 5.01 Å². The molecule has 2 heterocycles. The van der Waals surface area contributed by atoms with Crippen LogP contribution in [0.15, 0.2) is 69.1 Å². The minimum atomic E-state index is -0.640. The minimum absolute atomic E-state index is 0.130. The Hall–Kier alpha value is -3.54. The van der Waals surface area contributed by atoms with E-state index >= 15 is 0 Å². The topological polar surface area (TPSA) is 80.0 Å². The molecule has 1 unspecified atom stereocenters. The Kier molecular flexibility index (Phi) is 4.39. The molecular weight excluding hydrogens is 356 g/mol. The SMILES string of the molecule is CC(=O)N1CC(c2coc3ccccc3c2=O)C(C(=O)c2ccc(C)cc2)=N1. The molecule has 1 aliphatic rings. The van der Waals surface area contributed by atoms with Crippen LogP contribution in [-0.2, 0) is 4.79 Å². The Morgan fingerprint density at radius 2 is 1.82 bits per heavy atom. The number of fused-ring (bicyclic) bond motifs is 1. The number of hydrogen-bond donors (Lipinski definition) is 0. The Morgan fingerprint density at radius 3 is 2.54 bits per heavy atom. The van der Waals surface area contributed by atoms with Crippen molar-refractivity contribution < 1.29 is 14.0 Å². The molecule has 0 fully saturated rings. The number of para-hydroxylation sites is 1. The molecule has 1 atom stereocenters. The number of hydrogen-bond acceptors (Lipinski definition) is 5. The number of Topliss-reactive ketones (excluding diaryl/α,β-unsaturated/α-hetero) is 1. The van der Waals surface area contributed by atoms with E-state index in [9.17, 15) is 14.4 Å². The second-order valence-electron chi connectivity index (χ2n) is 6.85. The summed E-state index contributed by atoms with van der Waals surface area (Å²) in [5.41, 5.74) is 2.23. The first-order chi connectivity index (χ1) is 13.5. The third kappa shape index (κ3) is 3.03. The second kappa shape index (κ2) is 6.88. The molecule has 0 saturated carbocycles. The van der Waals surface area contributed by atoms with E-state index in [-0.39, 0.29) is 29.4 Å². The van der Waals surface area contributed by atoms with Crippen molar-refractivity contribution >= 4 is 28.4 Å². The number of nitrogens with zero attached hydrogens (tertiary/aromatic N) is 2. The summed E-state index contributed by atoms with van der Waals surface area (Å²) in [7, 11) is 0. The first-order valence-corrected chi connectivity index (χ1v) is 8.94. The Bertz CT molecular complexity index is 1180. The van der Waals surface area contributed by atoms with Crippen molar-refractivity contribution in [3.63, 3.8) is 0 Å². The van der Waals surface area contributed by atoms with Crippen LogP contribution in [0.25, 0.3) is 11.0 Å². The average Bonchev–Trinajstić information content (AvgIpc) is 3.14. The maximum atomic E-state index is 13.1. The van der Waals surface area contributed by atoms with Gasteiger partial charge in [-0.3, -0.25) is 14.4 Å². The number of rotatable bonds is 3. The highest BCUT2D eigenvalue weighted by atomic mass is 16.3. The fourth-order valence-corrected chi connectivity index (χ4v) is 3.33. The highest BCUT2D eigenvalue weighted by Crippen LogP contribution is 2.27. The van der Waals surface area contributed by atoms with Crippen molar-refractivity contribution in [3.8, 4) is 0 Å². The van der Waals surface area contributed by atoms with Crippen molar-refractivity contribution in [3.05, 3.63) is 81.7 Å². The maximum absolute atomic E-state index is 13.1. The first-order valence-electron chi connectivity index (χ1n) is 8.94. The highest BCUT2D eigenvalue weighted by Gasteiger charge is 2.36. The molecular formula is C22H18N2O4. The number of aryl methyl sites for hydroxylation is 1. The van der Waals surface area contributed by atoms with Crippen LogP contribution < -0.4 is 5.43 Å². The number of amides is 1. The number of ketones is 1. The minimum Gasteiger partial charge on any atom is -0.464 e. The molecule has 6 heteroatoms. The van der Waals surface area contributed by atoms with E-state index in [1.54, 1.807) is 36.4 Å². The third-order valence-electron chi connectivity index (χ3n) is 4.91. The molecule has 28 heavy (non-hydrogen) atoms. The summed E-state index contributed by atoms with van der Waals surface area (Å²) in [5.74, 6) is -1.23. The lowest BCUT2D eigenvalue weighted by Crippen LogP contribution is -2.28. The molecule has 2 aromatic carbocycles. The second-order valence-corrected chi connectivity index (χ2v) is 6.85. The summed E-state index contributed by atoms with van der Waals surface area (Å²) in [4.78, 5) is 38.0. The van der Waals surface area contributed by atoms with Crippen LogP contribution in [0.4, 0.5) is 0 Å². The summed E-state index contributed by atoms with van der Waals surface area (Å²) in [6.07, 6.45) is 1.37. The predicted molar refractivity (Wildman–Crippen MR) is 106 cm³/mol. The van der Waals surface area contributed by atoms with E-state index in [1.807, 2.05) is 19.1 Å². The monoisotopic (exact) mass is 374 g/mol. The normalized spacial score (nSPS) is 16.3. The first kappa shape index (κ1) is 17.9. The van der Waals surface area contributed by atoms with Crippen LogP contribution in [0.5, 0.6) is 0 Å². The van der Waals surface area contributed by atoms with Crippen LogP contribution in [0.2, 0.25) is 0 Å². The molecule has 0 N–H and O–H groups in total. The van der Waals surface area contributed by atoms with Gasteiger partial charge in [-0.05, 0) is 19.1 Å². The molecule has 6 nitrogen and oxygen atoms in total. The van der Waals surface area contributed by atoms with E-state index in [4.69, 9.17) is 4.42 Å². The van der Waals surface area contributed by atoms with Crippen molar-refractivity contribution in [2.45, 2.75) is 19.8 Å². The van der Waals surface area contributed by atoms with E-state index in [0.717, 1.165) is 5.56 Å². The Morgan fingerprint density at radius 1 is 1.11 bits per heavy atom. The standard InChI is InChI=1S/C22H18N2O4/c1-13-7-9-15(10-8-13)21(26)20-17(11-24(23-20)14(2)25)18-12-28-19-6-4-3-5-16(19)22(18)27/h3-10,12,17H,11H2,1-2H3. The Balaban J connectivity index is 1.81. The summed E-state index contributed by atoms with van der Waals surface area (Å²) in [6, 6.07) is 14.0. The average molecular weight is 374 g/mol. The van der Waals surface area contributed by atoms with Gasteiger partial charge < -0.3 is 4.42 Å². The van der Waals surface area contributed by atoms with Gasteiger partial charge in [-0.15, -0.1) is 0 Å². The van der Waals surface area contributed by atoms with Gasteiger partial charge in [-0.1, -0.05) is 42.0 Å². The van der Waals surface area contributed by atoms with E-state index < -0.39 is 5.92 Å². The molecule has 0 bridgehead atoms. The van der Waals surface area contributed by atoms with Crippen molar-refractivity contribution in [2.24, 2.45) is 5.10 Å². The molecule has 0 spiro atoms. The largest absolute Gasteiger partial charge is 0.464 e. The Labute approximate surface area is 161 Å². The smallest absolute Gasteiger partial charge is 0.239 e. The summed E-state index contributed by atoms with van der Waals surface area (Å²) < 4.78 is 5.61. The lowest BCUT2D eigenvalue weighted by atomic mass is 9.90. The lowest BCUT2D eigenvalue weighted by Gasteiger charge is -2.13. The van der Waals surface area contributed by atoms with Gasteiger partial charge >= 0.3 is 0 Å². The van der Waals surface area contributed by atoms with E-state index in [1.165, 1.54) is 18.2 Å². The zero-order chi connectivity index (χ0) is 19.8. The zero-order valence-electron chi connectivity index (χ0n) is 15.5. The van der Waals surface area contributed by atoms with Crippen LogP contribution in [0.3, 0.4) is 0 Å². The van der Waals surface area contributed by atoms with Gasteiger partial charge in [-0.2, -0.15) is 5.10 Å². The van der Waals surface area contributed by atoms with Crippen LogP contribution >= 0.6 is 0 Å². The van der Waals surface area contributed by atoms with Gasteiger partial charge in [0.15, 0.2) is 5.43 Å². The van der Waals surface area contributed by atoms with Gasteiger partial charge in [0.2, 0.25) is 11.7 Å². The fraction of sp³-hybridized carbons (Fsp3) is 0.182. The van der Waals surface area contributed by atoms with Crippen LogP contribution in [0, 0.1) is 6.92 Å².